The van der Waals surface area contributed by atoms with Gasteiger partial charge < -0.3 is 0 Å². The van der Waals surface area contributed by atoms with Crippen molar-refractivity contribution in [3.63, 3.8) is 0 Å². The van der Waals surface area contributed by atoms with Crippen molar-refractivity contribution < 1.29 is 0 Å². The Morgan fingerprint density at radius 3 is 2.27 bits per heavy atom. The van der Waals surface area contributed by atoms with Gasteiger partial charge in [0.25, 0.3) is 0 Å². The van der Waals surface area contributed by atoms with Gasteiger partial charge in [0.15, 0.2) is 5.41 Å². The molecule has 0 bridgehead atoms. The topological polar surface area (TPSA) is 47.6 Å². The van der Waals surface area contributed by atoms with E-state index in [9.17, 15) is 0 Å². The predicted molar refractivity (Wildman–Crippen MR) is 46.9 cm³/mol. The van der Waals surface area contributed by atoms with E-state index < -0.39 is 5.41 Å². The Kier molecular flexibility index (Phi) is 4.57. The molecule has 0 aromatic heterocycles. The Hall–Kier alpha value is -0.800. The van der Waals surface area contributed by atoms with Crippen LogP contribution in [0.3, 0.4) is 0 Å². The van der Waals surface area contributed by atoms with Crippen molar-refractivity contribution in [1.29, 1.82) is 10.5 Å². The Labute approximate surface area is 75.3 Å². The summed E-state index contributed by atoms with van der Waals surface area (Å²) < 4.78 is 0. The van der Waals surface area contributed by atoms with E-state index in [0.29, 0.717) is 11.8 Å². The maximum Gasteiger partial charge on any atom is 0.162 e. The molecule has 0 saturated heterocycles. The molecule has 0 unspecified atom stereocenters. The highest BCUT2D eigenvalue weighted by molar-refractivity contribution is 9.09. The zero-order chi connectivity index (χ0) is 8.74. The van der Waals surface area contributed by atoms with Gasteiger partial charge in [-0.25, -0.2) is 0 Å². The highest BCUT2D eigenvalue weighted by Gasteiger charge is 2.24. The lowest BCUT2D eigenvalue weighted by molar-refractivity contribution is 0.642. The summed E-state index contributed by atoms with van der Waals surface area (Å²) in [6.07, 6.45) is 3.90. The van der Waals surface area contributed by atoms with Crippen LogP contribution in [-0.4, -0.2) is 5.33 Å². The van der Waals surface area contributed by atoms with E-state index in [1.807, 2.05) is 12.1 Å². The minimum absolute atomic E-state index is 0.532. The second kappa shape index (κ2) is 4.93. The van der Waals surface area contributed by atoms with Crippen molar-refractivity contribution >= 4 is 15.9 Å². The van der Waals surface area contributed by atoms with Crippen LogP contribution in [-0.2, 0) is 0 Å². The zero-order valence-corrected chi connectivity index (χ0v) is 7.93. The lowest BCUT2D eigenvalue weighted by atomic mass is 9.88. The molecule has 58 valence electrons. The molecule has 3 heteroatoms. The molecule has 0 aliphatic heterocycles. The third-order valence-corrected chi connectivity index (χ3v) is 1.74. The highest BCUT2D eigenvalue weighted by atomic mass is 79.9. The van der Waals surface area contributed by atoms with E-state index in [2.05, 4.69) is 15.9 Å². The van der Waals surface area contributed by atoms with Crippen molar-refractivity contribution in [3.05, 3.63) is 12.2 Å². The van der Waals surface area contributed by atoms with E-state index in [4.69, 9.17) is 10.5 Å². The van der Waals surface area contributed by atoms with Gasteiger partial charge in [-0.2, -0.15) is 10.5 Å². The molecule has 0 radical (unpaired) electrons. The number of hydrogen-bond acceptors (Lipinski definition) is 2. The molecule has 0 atom stereocenters. The molecule has 0 fully saturated rings. The first-order valence-corrected chi connectivity index (χ1v) is 4.39. The summed E-state index contributed by atoms with van der Waals surface area (Å²) in [6, 6.07) is 3.98. The molecule has 0 rings (SSSR count). The van der Waals surface area contributed by atoms with Gasteiger partial charge in [-0.1, -0.05) is 28.1 Å². The van der Waals surface area contributed by atoms with Gasteiger partial charge >= 0.3 is 0 Å². The summed E-state index contributed by atoms with van der Waals surface area (Å²) in [6.45, 7) is 1.80. The Morgan fingerprint density at radius 1 is 1.45 bits per heavy atom. The van der Waals surface area contributed by atoms with Crippen LogP contribution in [0.5, 0.6) is 0 Å². The molecular formula is C8H9BrN2. The van der Waals surface area contributed by atoms with Crippen molar-refractivity contribution in [2.75, 3.05) is 5.33 Å². The SMILES string of the molecule is CC=CC(C#N)(C#N)CCBr. The Morgan fingerprint density at radius 2 is 2.00 bits per heavy atom. The minimum Gasteiger partial charge on any atom is -0.196 e. The first-order valence-electron chi connectivity index (χ1n) is 3.27. The van der Waals surface area contributed by atoms with Crippen LogP contribution in [0.2, 0.25) is 0 Å². The van der Waals surface area contributed by atoms with E-state index in [1.165, 1.54) is 0 Å². The molecule has 0 spiro atoms. The van der Waals surface area contributed by atoms with Crippen LogP contribution in [0.1, 0.15) is 13.3 Å². The fourth-order valence-corrected chi connectivity index (χ4v) is 1.35. The Bertz CT molecular complexity index is 205. The molecule has 0 aromatic rings. The standard InChI is InChI=1S/C8H9BrN2/c1-2-3-8(6-10,7-11)4-5-9/h2-3H,4-5H2,1H3. The molecule has 0 heterocycles. The van der Waals surface area contributed by atoms with Crippen LogP contribution in [0.15, 0.2) is 12.2 Å². The number of hydrogen-bond donors (Lipinski definition) is 0. The smallest absolute Gasteiger partial charge is 0.162 e. The monoisotopic (exact) mass is 212 g/mol. The van der Waals surface area contributed by atoms with E-state index in [1.54, 1.807) is 19.1 Å². The lowest BCUT2D eigenvalue weighted by Gasteiger charge is -2.10. The fourth-order valence-electron chi connectivity index (χ4n) is 0.728. The van der Waals surface area contributed by atoms with Gasteiger partial charge in [-0.3, -0.25) is 0 Å². The van der Waals surface area contributed by atoms with Crippen LogP contribution in [0.25, 0.3) is 0 Å². The second-order valence-electron chi connectivity index (χ2n) is 2.13. The van der Waals surface area contributed by atoms with Crippen molar-refractivity contribution in [3.8, 4) is 12.1 Å². The second-order valence-corrected chi connectivity index (χ2v) is 2.93. The van der Waals surface area contributed by atoms with E-state index in [0.717, 1.165) is 0 Å². The highest BCUT2D eigenvalue weighted by Crippen LogP contribution is 2.22. The molecule has 0 aliphatic carbocycles. The Balaban J connectivity index is 4.53. The normalized spacial score (nSPS) is 10.9. The third-order valence-electron chi connectivity index (χ3n) is 1.34. The quantitative estimate of drug-likeness (QED) is 0.533. The predicted octanol–water partition coefficient (Wildman–Crippen LogP) is 2.38. The van der Waals surface area contributed by atoms with Crippen LogP contribution < -0.4 is 0 Å². The molecule has 0 aromatic carbocycles. The molecule has 0 saturated carbocycles. The minimum atomic E-state index is -0.932. The van der Waals surface area contributed by atoms with Crippen LogP contribution >= 0.6 is 15.9 Å². The lowest BCUT2D eigenvalue weighted by Crippen LogP contribution is -2.12. The average molecular weight is 213 g/mol. The van der Waals surface area contributed by atoms with Gasteiger partial charge in [0, 0.05) is 5.33 Å². The number of nitriles is 2. The first-order chi connectivity index (χ1) is 5.24. The maximum atomic E-state index is 8.69. The van der Waals surface area contributed by atoms with Gasteiger partial charge in [0.2, 0.25) is 0 Å². The van der Waals surface area contributed by atoms with Gasteiger partial charge in [-0.15, -0.1) is 0 Å². The number of allylic oxidation sites excluding steroid dienone is 2. The maximum absolute atomic E-state index is 8.69. The first kappa shape index (κ1) is 10.2. The van der Waals surface area contributed by atoms with Crippen molar-refractivity contribution in [2.24, 2.45) is 5.41 Å². The summed E-state index contributed by atoms with van der Waals surface area (Å²) in [5.74, 6) is 0. The van der Waals surface area contributed by atoms with E-state index >= 15 is 0 Å². The van der Waals surface area contributed by atoms with E-state index in [-0.39, 0.29) is 0 Å². The van der Waals surface area contributed by atoms with Crippen LogP contribution in [0, 0.1) is 28.1 Å². The molecule has 2 nitrogen and oxygen atoms in total. The number of nitrogens with zero attached hydrogens (tertiary/aromatic N) is 2. The molecule has 0 N–H and O–H groups in total. The van der Waals surface area contributed by atoms with Gasteiger partial charge in [-0.05, 0) is 13.3 Å². The number of alkyl halides is 1. The van der Waals surface area contributed by atoms with Gasteiger partial charge in [0.1, 0.15) is 0 Å². The number of rotatable bonds is 3. The zero-order valence-electron chi connectivity index (χ0n) is 6.34. The molecule has 0 amide bonds. The largest absolute Gasteiger partial charge is 0.196 e. The molecule has 0 aliphatic rings. The summed E-state index contributed by atoms with van der Waals surface area (Å²) >= 11 is 3.20. The van der Waals surface area contributed by atoms with Crippen LogP contribution in [0.4, 0.5) is 0 Å². The summed E-state index contributed by atoms with van der Waals surface area (Å²) in [5.41, 5.74) is -0.932. The summed E-state index contributed by atoms with van der Waals surface area (Å²) in [4.78, 5) is 0. The van der Waals surface area contributed by atoms with Crippen molar-refractivity contribution in [2.45, 2.75) is 13.3 Å². The molecule has 11 heavy (non-hydrogen) atoms. The summed E-state index contributed by atoms with van der Waals surface area (Å²) in [5, 5.41) is 18.1. The average Bonchev–Trinajstić information content (AvgIpc) is 2.04. The van der Waals surface area contributed by atoms with Crippen molar-refractivity contribution in [1.82, 2.24) is 0 Å². The fraction of sp³-hybridized carbons (Fsp3) is 0.500. The molecular weight excluding hydrogens is 204 g/mol. The van der Waals surface area contributed by atoms with Gasteiger partial charge in [0.05, 0.1) is 12.1 Å². The third kappa shape index (κ3) is 2.74. The number of halogens is 1. The summed E-state index contributed by atoms with van der Waals surface area (Å²) in [7, 11) is 0.